The Morgan fingerprint density at radius 1 is 1.67 bits per heavy atom. The molecule has 0 radical (unpaired) electrons. The molecular formula is C8H15N3O. The Hall–Kier alpha value is -0.870. The van der Waals surface area contributed by atoms with Crippen molar-refractivity contribution in [1.82, 2.24) is 15.5 Å². The van der Waals surface area contributed by atoms with Gasteiger partial charge in [0, 0.05) is 25.0 Å². The van der Waals surface area contributed by atoms with E-state index in [0.717, 1.165) is 5.69 Å². The summed E-state index contributed by atoms with van der Waals surface area (Å²) in [5.74, 6) is 0. The van der Waals surface area contributed by atoms with Crippen molar-refractivity contribution in [2.24, 2.45) is 0 Å². The van der Waals surface area contributed by atoms with Gasteiger partial charge < -0.3 is 10.4 Å². The first kappa shape index (κ1) is 9.22. The van der Waals surface area contributed by atoms with Crippen LogP contribution in [0.15, 0.2) is 12.3 Å². The second-order valence-electron chi connectivity index (χ2n) is 3.50. The Balaban J connectivity index is 2.20. The molecule has 0 fully saturated rings. The summed E-state index contributed by atoms with van der Waals surface area (Å²) in [6, 6.07) is 1.90. The third-order valence-electron chi connectivity index (χ3n) is 1.43. The first-order valence-corrected chi connectivity index (χ1v) is 3.99. The molecule has 12 heavy (non-hydrogen) atoms. The minimum Gasteiger partial charge on any atom is -0.389 e. The molecule has 0 amide bonds. The van der Waals surface area contributed by atoms with Gasteiger partial charge in [-0.2, -0.15) is 5.10 Å². The Morgan fingerprint density at radius 2 is 2.42 bits per heavy atom. The van der Waals surface area contributed by atoms with Gasteiger partial charge in [0.05, 0.1) is 5.60 Å². The van der Waals surface area contributed by atoms with Gasteiger partial charge in [0.25, 0.3) is 0 Å². The molecule has 1 heterocycles. The number of rotatable bonds is 4. The van der Waals surface area contributed by atoms with E-state index in [2.05, 4.69) is 15.5 Å². The molecule has 1 aromatic heterocycles. The molecule has 4 heteroatoms. The minimum absolute atomic E-state index is 0.575. The SMILES string of the molecule is CC(C)(O)CNCc1ccn[nH]1. The van der Waals surface area contributed by atoms with E-state index >= 15 is 0 Å². The second kappa shape index (κ2) is 3.69. The van der Waals surface area contributed by atoms with Crippen LogP contribution in [0.25, 0.3) is 0 Å². The van der Waals surface area contributed by atoms with Crippen LogP contribution in [0.1, 0.15) is 19.5 Å². The molecule has 3 N–H and O–H groups in total. The van der Waals surface area contributed by atoms with Gasteiger partial charge in [-0.1, -0.05) is 0 Å². The fraction of sp³-hybridized carbons (Fsp3) is 0.625. The van der Waals surface area contributed by atoms with Gasteiger partial charge in [-0.05, 0) is 19.9 Å². The highest BCUT2D eigenvalue weighted by molar-refractivity contribution is 4.96. The van der Waals surface area contributed by atoms with Crippen molar-refractivity contribution in [2.45, 2.75) is 26.0 Å². The van der Waals surface area contributed by atoms with Crippen LogP contribution in [0.2, 0.25) is 0 Å². The van der Waals surface area contributed by atoms with Crippen LogP contribution in [0.5, 0.6) is 0 Å². The van der Waals surface area contributed by atoms with Crippen LogP contribution in [0.4, 0.5) is 0 Å². The molecule has 0 spiro atoms. The lowest BCUT2D eigenvalue weighted by Gasteiger charge is -2.16. The van der Waals surface area contributed by atoms with Crippen molar-refractivity contribution in [3.8, 4) is 0 Å². The number of aliphatic hydroxyl groups is 1. The zero-order chi connectivity index (χ0) is 9.03. The zero-order valence-corrected chi connectivity index (χ0v) is 7.46. The minimum atomic E-state index is -0.653. The Kier molecular flexibility index (Phi) is 2.83. The molecule has 0 aliphatic rings. The maximum absolute atomic E-state index is 9.36. The highest BCUT2D eigenvalue weighted by Gasteiger charge is 2.10. The Morgan fingerprint density at radius 3 is 2.92 bits per heavy atom. The van der Waals surface area contributed by atoms with Crippen molar-refractivity contribution in [3.63, 3.8) is 0 Å². The number of aromatic nitrogens is 2. The van der Waals surface area contributed by atoms with Crippen LogP contribution in [0, 0.1) is 0 Å². The molecule has 1 aromatic rings. The summed E-state index contributed by atoms with van der Waals surface area (Å²) >= 11 is 0. The van der Waals surface area contributed by atoms with Crippen molar-refractivity contribution in [3.05, 3.63) is 18.0 Å². The fourth-order valence-electron chi connectivity index (χ4n) is 0.886. The number of H-pyrrole nitrogens is 1. The Bertz CT molecular complexity index is 213. The van der Waals surface area contributed by atoms with E-state index in [9.17, 15) is 5.11 Å². The number of nitrogens with zero attached hydrogens (tertiary/aromatic N) is 1. The fourth-order valence-corrected chi connectivity index (χ4v) is 0.886. The molecule has 68 valence electrons. The van der Waals surface area contributed by atoms with Crippen LogP contribution in [0.3, 0.4) is 0 Å². The van der Waals surface area contributed by atoms with Gasteiger partial charge in [0.15, 0.2) is 0 Å². The molecule has 4 nitrogen and oxygen atoms in total. The molecule has 0 bridgehead atoms. The second-order valence-corrected chi connectivity index (χ2v) is 3.50. The van der Waals surface area contributed by atoms with E-state index in [1.54, 1.807) is 20.0 Å². The molecule has 0 saturated carbocycles. The monoisotopic (exact) mass is 169 g/mol. The smallest absolute Gasteiger partial charge is 0.0715 e. The van der Waals surface area contributed by atoms with Gasteiger partial charge in [-0.25, -0.2) is 0 Å². The molecule has 0 aliphatic carbocycles. The number of hydrogen-bond donors (Lipinski definition) is 3. The van der Waals surface area contributed by atoms with Crippen LogP contribution < -0.4 is 5.32 Å². The molecule has 0 aliphatic heterocycles. The summed E-state index contributed by atoms with van der Waals surface area (Å²) in [4.78, 5) is 0. The number of hydrogen-bond acceptors (Lipinski definition) is 3. The van der Waals surface area contributed by atoms with Gasteiger partial charge in [-0.15, -0.1) is 0 Å². The molecule has 0 aromatic carbocycles. The van der Waals surface area contributed by atoms with Gasteiger partial charge in [0.2, 0.25) is 0 Å². The van der Waals surface area contributed by atoms with Crippen LogP contribution >= 0.6 is 0 Å². The van der Waals surface area contributed by atoms with E-state index in [1.165, 1.54) is 0 Å². The summed E-state index contributed by atoms with van der Waals surface area (Å²) in [7, 11) is 0. The van der Waals surface area contributed by atoms with E-state index in [1.807, 2.05) is 6.07 Å². The van der Waals surface area contributed by atoms with Crippen LogP contribution in [-0.2, 0) is 6.54 Å². The lowest BCUT2D eigenvalue weighted by atomic mass is 10.1. The molecule has 0 unspecified atom stereocenters. The highest BCUT2D eigenvalue weighted by Crippen LogP contribution is 1.98. The number of aromatic amines is 1. The standard InChI is InChI=1S/C8H15N3O/c1-8(2,12)6-9-5-7-3-4-10-11-7/h3-4,9,12H,5-6H2,1-2H3,(H,10,11). The van der Waals surface area contributed by atoms with Crippen molar-refractivity contribution in [1.29, 1.82) is 0 Å². The number of nitrogens with one attached hydrogen (secondary N) is 2. The molecule has 0 saturated heterocycles. The van der Waals surface area contributed by atoms with Crippen molar-refractivity contribution < 1.29 is 5.11 Å². The first-order chi connectivity index (χ1) is 5.58. The largest absolute Gasteiger partial charge is 0.389 e. The zero-order valence-electron chi connectivity index (χ0n) is 7.46. The van der Waals surface area contributed by atoms with Crippen molar-refractivity contribution in [2.75, 3.05) is 6.54 Å². The summed E-state index contributed by atoms with van der Waals surface area (Å²) in [5, 5.41) is 19.1. The lowest BCUT2D eigenvalue weighted by molar-refractivity contribution is 0.0794. The average molecular weight is 169 g/mol. The first-order valence-electron chi connectivity index (χ1n) is 3.99. The van der Waals surface area contributed by atoms with Gasteiger partial charge in [0.1, 0.15) is 0 Å². The normalized spacial score (nSPS) is 11.9. The maximum Gasteiger partial charge on any atom is 0.0715 e. The predicted octanol–water partition coefficient (Wildman–Crippen LogP) is 0.270. The van der Waals surface area contributed by atoms with E-state index in [-0.39, 0.29) is 0 Å². The molecular weight excluding hydrogens is 154 g/mol. The van der Waals surface area contributed by atoms with Crippen molar-refractivity contribution >= 4 is 0 Å². The van der Waals surface area contributed by atoms with Gasteiger partial charge in [-0.3, -0.25) is 5.10 Å². The lowest BCUT2D eigenvalue weighted by Crippen LogP contribution is -2.34. The molecule has 1 rings (SSSR count). The maximum atomic E-state index is 9.36. The van der Waals surface area contributed by atoms with Gasteiger partial charge >= 0.3 is 0 Å². The third-order valence-corrected chi connectivity index (χ3v) is 1.43. The molecule has 0 atom stereocenters. The third kappa shape index (κ3) is 3.50. The summed E-state index contributed by atoms with van der Waals surface area (Å²) in [6.45, 7) is 4.83. The summed E-state index contributed by atoms with van der Waals surface area (Å²) < 4.78 is 0. The summed E-state index contributed by atoms with van der Waals surface area (Å²) in [6.07, 6.45) is 1.71. The highest BCUT2D eigenvalue weighted by atomic mass is 16.3. The van der Waals surface area contributed by atoms with E-state index < -0.39 is 5.60 Å². The Labute approximate surface area is 72.0 Å². The van der Waals surface area contributed by atoms with E-state index in [4.69, 9.17) is 0 Å². The quantitative estimate of drug-likeness (QED) is 0.606. The predicted molar refractivity (Wildman–Crippen MR) is 46.6 cm³/mol. The average Bonchev–Trinajstić information content (AvgIpc) is 2.36. The van der Waals surface area contributed by atoms with E-state index in [0.29, 0.717) is 13.1 Å². The summed E-state index contributed by atoms with van der Waals surface area (Å²) in [5.41, 5.74) is 0.374. The topological polar surface area (TPSA) is 60.9 Å². The van der Waals surface area contributed by atoms with Crippen LogP contribution in [-0.4, -0.2) is 27.4 Å².